The number of fused-ring (bicyclic) bond motifs is 3. The molecule has 1 aliphatic heterocycles. The Labute approximate surface area is 197 Å². The third-order valence-electron chi connectivity index (χ3n) is 7.26. The summed E-state index contributed by atoms with van der Waals surface area (Å²) in [5.41, 5.74) is 3.29. The van der Waals surface area contributed by atoms with Gasteiger partial charge in [0.25, 0.3) is 0 Å². The molecule has 1 heterocycles. The Morgan fingerprint density at radius 1 is 1.03 bits per heavy atom. The number of alkyl carbamates (subject to hydrolysis) is 1. The molecule has 1 saturated heterocycles. The summed E-state index contributed by atoms with van der Waals surface area (Å²) >= 11 is 0. The number of amides is 2. The second-order valence-corrected chi connectivity index (χ2v) is 9.36. The predicted octanol–water partition coefficient (Wildman–Crippen LogP) is 3.05. The van der Waals surface area contributed by atoms with E-state index in [4.69, 9.17) is 9.47 Å². The van der Waals surface area contributed by atoms with E-state index in [2.05, 4.69) is 34.9 Å². The van der Waals surface area contributed by atoms with E-state index in [1.54, 1.807) is 0 Å². The van der Waals surface area contributed by atoms with Crippen molar-refractivity contribution in [2.45, 2.75) is 43.2 Å². The molecule has 3 aliphatic rings. The zero-order chi connectivity index (χ0) is 23.7. The van der Waals surface area contributed by atoms with Gasteiger partial charge in [0.15, 0.2) is 5.54 Å². The van der Waals surface area contributed by atoms with Crippen LogP contribution in [-0.2, 0) is 19.1 Å². The first kappa shape index (κ1) is 22.4. The molecule has 2 amide bonds. The number of hydrogen-bond donors (Lipinski definition) is 3. The largest absolute Gasteiger partial charge is 0.479 e. The minimum atomic E-state index is -1.35. The number of benzene rings is 2. The maximum absolute atomic E-state index is 12.7. The first-order valence-electron chi connectivity index (χ1n) is 11.7. The maximum Gasteiger partial charge on any atom is 0.407 e. The standard InChI is InChI=1S/C26H28N2O6/c29-23(28-26(24(30)31)11-12-33-15-26)16-9-10-17(13-16)27-25(32)34-14-22-20-7-3-1-5-18(20)19-6-2-4-8-21(19)22/h1-8,16-17,22H,9-15H2,(H,27,32)(H,28,29)(H,30,31). The normalized spacial score (nSPS) is 25.4. The van der Waals surface area contributed by atoms with Crippen molar-refractivity contribution >= 4 is 18.0 Å². The highest BCUT2D eigenvalue weighted by atomic mass is 16.5. The third kappa shape index (κ3) is 4.14. The van der Waals surface area contributed by atoms with E-state index in [1.165, 1.54) is 11.1 Å². The lowest BCUT2D eigenvalue weighted by Crippen LogP contribution is -2.56. The Hall–Kier alpha value is -3.39. The molecule has 2 aromatic rings. The molecule has 0 spiro atoms. The van der Waals surface area contributed by atoms with Crippen molar-refractivity contribution in [2.24, 2.45) is 5.92 Å². The van der Waals surface area contributed by atoms with Gasteiger partial charge in [0, 0.05) is 30.9 Å². The highest BCUT2D eigenvalue weighted by molar-refractivity contribution is 5.88. The van der Waals surface area contributed by atoms with Crippen LogP contribution in [0.25, 0.3) is 11.1 Å². The molecule has 2 fully saturated rings. The zero-order valence-electron chi connectivity index (χ0n) is 18.8. The van der Waals surface area contributed by atoms with Crippen LogP contribution in [0.15, 0.2) is 48.5 Å². The van der Waals surface area contributed by atoms with Crippen molar-refractivity contribution in [3.8, 4) is 11.1 Å². The van der Waals surface area contributed by atoms with Crippen LogP contribution >= 0.6 is 0 Å². The monoisotopic (exact) mass is 464 g/mol. The lowest BCUT2D eigenvalue weighted by Gasteiger charge is -2.25. The number of carboxylic acids is 1. The molecule has 3 unspecified atom stereocenters. The van der Waals surface area contributed by atoms with Crippen molar-refractivity contribution < 1.29 is 29.0 Å². The second-order valence-electron chi connectivity index (χ2n) is 9.36. The van der Waals surface area contributed by atoms with Crippen LogP contribution in [0.1, 0.15) is 42.7 Å². The highest BCUT2D eigenvalue weighted by Gasteiger charge is 2.45. The fourth-order valence-corrected chi connectivity index (χ4v) is 5.38. The van der Waals surface area contributed by atoms with Gasteiger partial charge in [-0.3, -0.25) is 4.79 Å². The van der Waals surface area contributed by atoms with Gasteiger partial charge in [0.05, 0.1) is 6.61 Å². The smallest absolute Gasteiger partial charge is 0.407 e. The van der Waals surface area contributed by atoms with E-state index in [-0.39, 0.29) is 43.4 Å². The van der Waals surface area contributed by atoms with Gasteiger partial charge in [0.1, 0.15) is 6.61 Å². The summed E-state index contributed by atoms with van der Waals surface area (Å²) in [5, 5.41) is 15.1. The summed E-state index contributed by atoms with van der Waals surface area (Å²) in [6.45, 7) is 0.517. The fraction of sp³-hybridized carbons (Fsp3) is 0.423. The summed E-state index contributed by atoms with van der Waals surface area (Å²) in [7, 11) is 0. The van der Waals surface area contributed by atoms with Crippen LogP contribution < -0.4 is 10.6 Å². The van der Waals surface area contributed by atoms with E-state index < -0.39 is 17.6 Å². The van der Waals surface area contributed by atoms with E-state index in [1.807, 2.05) is 24.3 Å². The van der Waals surface area contributed by atoms with Crippen LogP contribution in [0.2, 0.25) is 0 Å². The second kappa shape index (κ2) is 9.10. The van der Waals surface area contributed by atoms with Gasteiger partial charge >= 0.3 is 12.1 Å². The maximum atomic E-state index is 12.7. The van der Waals surface area contributed by atoms with Crippen LogP contribution in [-0.4, -0.2) is 54.5 Å². The Balaban J connectivity index is 1.15. The van der Waals surface area contributed by atoms with Crippen LogP contribution in [0.3, 0.4) is 0 Å². The molecule has 5 rings (SSSR count). The molecule has 2 aromatic carbocycles. The topological polar surface area (TPSA) is 114 Å². The van der Waals surface area contributed by atoms with E-state index in [9.17, 15) is 19.5 Å². The molecule has 3 N–H and O–H groups in total. The Kier molecular flexibility index (Phi) is 6.00. The molecule has 8 nitrogen and oxygen atoms in total. The fourth-order valence-electron chi connectivity index (χ4n) is 5.38. The quantitative estimate of drug-likeness (QED) is 0.606. The average molecular weight is 465 g/mol. The molecule has 0 bridgehead atoms. The van der Waals surface area contributed by atoms with Crippen molar-refractivity contribution in [3.05, 3.63) is 59.7 Å². The average Bonchev–Trinajstić information content (AvgIpc) is 3.56. The summed E-state index contributed by atoms with van der Waals surface area (Å²) in [6, 6.07) is 16.1. The van der Waals surface area contributed by atoms with Gasteiger partial charge < -0.3 is 25.2 Å². The van der Waals surface area contributed by atoms with Gasteiger partial charge in [-0.05, 0) is 41.5 Å². The lowest BCUT2D eigenvalue weighted by molar-refractivity contribution is -0.148. The number of rotatable bonds is 6. The molecular weight excluding hydrogens is 436 g/mol. The lowest BCUT2D eigenvalue weighted by atomic mass is 9.96. The number of hydrogen-bond acceptors (Lipinski definition) is 5. The Bertz CT molecular complexity index is 1060. The molecule has 0 aromatic heterocycles. The number of ether oxygens (including phenoxy) is 2. The van der Waals surface area contributed by atoms with Crippen molar-refractivity contribution in [1.82, 2.24) is 10.6 Å². The molecular formula is C26H28N2O6. The number of carbonyl (C=O) groups excluding carboxylic acids is 2. The van der Waals surface area contributed by atoms with E-state index in [0.29, 0.717) is 25.9 Å². The first-order chi connectivity index (χ1) is 16.5. The Morgan fingerprint density at radius 2 is 1.71 bits per heavy atom. The minimum absolute atomic E-state index is 0.0129. The number of nitrogens with one attached hydrogen (secondary N) is 2. The molecule has 3 atom stereocenters. The van der Waals surface area contributed by atoms with Gasteiger partial charge in [-0.25, -0.2) is 9.59 Å². The third-order valence-corrected chi connectivity index (χ3v) is 7.26. The molecule has 1 saturated carbocycles. The predicted molar refractivity (Wildman–Crippen MR) is 123 cm³/mol. The Morgan fingerprint density at radius 3 is 2.32 bits per heavy atom. The molecule has 34 heavy (non-hydrogen) atoms. The van der Waals surface area contributed by atoms with Crippen LogP contribution in [0.4, 0.5) is 4.79 Å². The summed E-state index contributed by atoms with van der Waals surface area (Å²) in [4.78, 5) is 36.9. The number of aliphatic carboxylic acids is 1. The van der Waals surface area contributed by atoms with Crippen molar-refractivity contribution in [3.63, 3.8) is 0 Å². The van der Waals surface area contributed by atoms with Crippen molar-refractivity contribution in [2.75, 3.05) is 19.8 Å². The highest BCUT2D eigenvalue weighted by Crippen LogP contribution is 2.44. The van der Waals surface area contributed by atoms with Crippen LogP contribution in [0, 0.1) is 5.92 Å². The minimum Gasteiger partial charge on any atom is -0.479 e. The zero-order valence-corrected chi connectivity index (χ0v) is 18.8. The van der Waals surface area contributed by atoms with Gasteiger partial charge in [-0.2, -0.15) is 0 Å². The molecule has 8 heteroatoms. The number of carboxylic acid groups (broad SMARTS) is 1. The van der Waals surface area contributed by atoms with E-state index in [0.717, 1.165) is 11.1 Å². The number of carbonyl (C=O) groups is 3. The first-order valence-corrected chi connectivity index (χ1v) is 11.7. The van der Waals surface area contributed by atoms with Gasteiger partial charge in [0.2, 0.25) is 5.91 Å². The summed E-state index contributed by atoms with van der Waals surface area (Å²) in [5.74, 6) is -1.74. The SMILES string of the molecule is O=C(NC1CCC(C(=O)NC2(C(=O)O)CCOC2)C1)OCC1c2ccccc2-c2ccccc21. The van der Waals surface area contributed by atoms with E-state index >= 15 is 0 Å². The van der Waals surface area contributed by atoms with Gasteiger partial charge in [-0.15, -0.1) is 0 Å². The van der Waals surface area contributed by atoms with Gasteiger partial charge in [-0.1, -0.05) is 48.5 Å². The molecule has 2 aliphatic carbocycles. The van der Waals surface area contributed by atoms with Crippen LogP contribution in [0.5, 0.6) is 0 Å². The molecule has 0 radical (unpaired) electrons. The summed E-state index contributed by atoms with van der Waals surface area (Å²) in [6.07, 6.45) is 1.42. The molecule has 178 valence electrons. The van der Waals surface area contributed by atoms with Crippen molar-refractivity contribution in [1.29, 1.82) is 0 Å². The summed E-state index contributed by atoms with van der Waals surface area (Å²) < 4.78 is 10.8.